The molecule has 2 aromatic rings. The molecule has 0 atom stereocenters. The second-order valence-electron chi connectivity index (χ2n) is 5.11. The molecule has 0 spiro atoms. The number of nitrogens with one attached hydrogen (secondary N) is 2. The molecular formula is C18H16BrN3O4S. The normalized spacial score (nSPS) is 11.1. The number of terminal acetylenes is 1. The molecule has 0 aromatic heterocycles. The van der Waals surface area contributed by atoms with Gasteiger partial charge in [-0.1, -0.05) is 40.0 Å². The minimum absolute atomic E-state index is 0.0778. The lowest BCUT2D eigenvalue weighted by Gasteiger charge is -2.06. The molecule has 27 heavy (non-hydrogen) atoms. The van der Waals surface area contributed by atoms with Crippen molar-refractivity contribution in [1.82, 2.24) is 10.1 Å². The average Bonchev–Trinajstić information content (AvgIpc) is 2.67. The lowest BCUT2D eigenvalue weighted by Crippen LogP contribution is -2.34. The first-order valence-corrected chi connectivity index (χ1v) is 9.92. The zero-order valence-corrected chi connectivity index (χ0v) is 16.5. The van der Waals surface area contributed by atoms with Gasteiger partial charge in [0, 0.05) is 10.0 Å². The van der Waals surface area contributed by atoms with Gasteiger partial charge in [0.15, 0.2) is 0 Å². The van der Waals surface area contributed by atoms with Gasteiger partial charge < -0.3 is 4.74 Å². The molecule has 0 saturated heterocycles. The zero-order chi connectivity index (χ0) is 19.7. The van der Waals surface area contributed by atoms with Crippen LogP contribution in [0.5, 0.6) is 5.75 Å². The highest BCUT2D eigenvalue weighted by atomic mass is 79.9. The summed E-state index contributed by atoms with van der Waals surface area (Å²) in [4.78, 5) is 11.9. The number of hydrazone groups is 1. The molecule has 2 aromatic carbocycles. The second kappa shape index (κ2) is 9.87. The molecule has 2 N–H and O–H groups in total. The molecule has 0 fully saturated rings. The minimum Gasteiger partial charge on any atom is -0.481 e. The summed E-state index contributed by atoms with van der Waals surface area (Å²) < 4.78 is 32.3. The third-order valence-corrected chi connectivity index (χ3v) is 5.30. The van der Waals surface area contributed by atoms with E-state index in [0.717, 1.165) is 4.47 Å². The van der Waals surface area contributed by atoms with Crippen molar-refractivity contribution in [2.45, 2.75) is 4.90 Å². The van der Waals surface area contributed by atoms with Crippen LogP contribution in [0.4, 0.5) is 0 Å². The monoisotopic (exact) mass is 449 g/mol. The smallest absolute Gasteiger partial charge is 0.255 e. The Kier molecular flexibility index (Phi) is 7.55. The van der Waals surface area contributed by atoms with E-state index in [0.29, 0.717) is 11.3 Å². The number of nitrogens with zero attached hydrogens (tertiary/aromatic N) is 1. The second-order valence-corrected chi connectivity index (χ2v) is 7.73. The third kappa shape index (κ3) is 6.53. The van der Waals surface area contributed by atoms with Crippen LogP contribution in [0, 0.1) is 12.3 Å². The van der Waals surface area contributed by atoms with Crippen molar-refractivity contribution >= 4 is 38.1 Å². The molecule has 0 aliphatic rings. The van der Waals surface area contributed by atoms with Crippen LogP contribution in [0.15, 0.2) is 63.0 Å². The van der Waals surface area contributed by atoms with E-state index < -0.39 is 22.5 Å². The Morgan fingerprint density at radius 3 is 2.70 bits per heavy atom. The standard InChI is InChI=1S/C18H16BrN3O4S/c1-2-10-26-15-8-9-17(19)14(11-15)12-20-22-18(23)13-21-27(24,25)16-6-4-3-5-7-16/h1,3-9,11-12,21H,10,13H2,(H,22,23)/b20-12-. The number of ether oxygens (including phenoxy) is 1. The summed E-state index contributed by atoms with van der Waals surface area (Å²) in [6, 6.07) is 12.9. The predicted octanol–water partition coefficient (Wildman–Crippen LogP) is 1.89. The Morgan fingerprint density at radius 2 is 2.00 bits per heavy atom. The van der Waals surface area contributed by atoms with Gasteiger partial charge in [-0.2, -0.15) is 5.10 Å². The Hall–Kier alpha value is -2.67. The molecule has 0 aliphatic carbocycles. The maximum atomic E-state index is 12.0. The van der Waals surface area contributed by atoms with Crippen LogP contribution >= 0.6 is 15.9 Å². The molecule has 0 bridgehead atoms. The van der Waals surface area contributed by atoms with Crippen LogP contribution in [0.3, 0.4) is 0 Å². The Labute approximate surface area is 166 Å². The fourth-order valence-corrected chi connectivity index (χ4v) is 3.24. The van der Waals surface area contributed by atoms with Gasteiger partial charge in [-0.25, -0.2) is 18.6 Å². The van der Waals surface area contributed by atoms with Crippen molar-refractivity contribution in [3.05, 3.63) is 58.6 Å². The molecular weight excluding hydrogens is 434 g/mol. The van der Waals surface area contributed by atoms with E-state index in [2.05, 4.69) is 37.1 Å². The summed E-state index contributed by atoms with van der Waals surface area (Å²) in [5, 5.41) is 3.81. The molecule has 0 aliphatic heterocycles. The molecule has 0 unspecified atom stereocenters. The van der Waals surface area contributed by atoms with Gasteiger partial charge in [0.2, 0.25) is 10.0 Å². The van der Waals surface area contributed by atoms with Crippen molar-refractivity contribution in [2.24, 2.45) is 5.10 Å². The van der Waals surface area contributed by atoms with Gasteiger partial charge in [-0.3, -0.25) is 4.79 Å². The number of rotatable bonds is 8. The maximum Gasteiger partial charge on any atom is 0.255 e. The number of benzene rings is 2. The fraction of sp³-hybridized carbons (Fsp3) is 0.111. The van der Waals surface area contributed by atoms with E-state index in [4.69, 9.17) is 11.2 Å². The average molecular weight is 450 g/mol. The number of sulfonamides is 1. The molecule has 0 radical (unpaired) electrons. The van der Waals surface area contributed by atoms with E-state index in [-0.39, 0.29) is 11.5 Å². The fourth-order valence-electron chi connectivity index (χ4n) is 1.89. The van der Waals surface area contributed by atoms with Crippen molar-refractivity contribution in [2.75, 3.05) is 13.2 Å². The number of hydrogen-bond acceptors (Lipinski definition) is 5. The van der Waals surface area contributed by atoms with Crippen LogP contribution in [0.1, 0.15) is 5.56 Å². The summed E-state index contributed by atoms with van der Waals surface area (Å²) in [7, 11) is -3.76. The van der Waals surface area contributed by atoms with E-state index in [1.807, 2.05) is 0 Å². The van der Waals surface area contributed by atoms with Gasteiger partial charge >= 0.3 is 0 Å². The van der Waals surface area contributed by atoms with Gasteiger partial charge in [-0.05, 0) is 30.3 Å². The van der Waals surface area contributed by atoms with Gasteiger partial charge in [0.25, 0.3) is 5.91 Å². The Morgan fingerprint density at radius 1 is 1.26 bits per heavy atom. The summed E-state index contributed by atoms with van der Waals surface area (Å²) >= 11 is 3.36. The number of carbonyl (C=O) groups excluding carboxylic acids is 1. The first-order chi connectivity index (χ1) is 12.9. The lowest BCUT2D eigenvalue weighted by atomic mass is 10.2. The number of hydrogen-bond donors (Lipinski definition) is 2. The van der Waals surface area contributed by atoms with Crippen molar-refractivity contribution in [3.8, 4) is 18.1 Å². The van der Waals surface area contributed by atoms with E-state index in [1.54, 1.807) is 36.4 Å². The number of carbonyl (C=O) groups is 1. The van der Waals surface area contributed by atoms with Crippen LogP contribution in [0.25, 0.3) is 0 Å². The summed E-state index contributed by atoms with van der Waals surface area (Å²) in [6.45, 7) is -0.308. The van der Waals surface area contributed by atoms with E-state index in [9.17, 15) is 13.2 Å². The first-order valence-electron chi connectivity index (χ1n) is 7.65. The van der Waals surface area contributed by atoms with Crippen molar-refractivity contribution < 1.29 is 17.9 Å². The van der Waals surface area contributed by atoms with Crippen LogP contribution in [-0.4, -0.2) is 33.7 Å². The molecule has 7 nitrogen and oxygen atoms in total. The van der Waals surface area contributed by atoms with E-state index >= 15 is 0 Å². The Balaban J connectivity index is 1.91. The highest BCUT2D eigenvalue weighted by molar-refractivity contribution is 9.10. The summed E-state index contributed by atoms with van der Waals surface area (Å²) in [6.07, 6.45) is 6.55. The number of halogens is 1. The van der Waals surface area contributed by atoms with Crippen LogP contribution < -0.4 is 14.9 Å². The first kappa shape index (κ1) is 20.6. The number of amides is 1. The quantitative estimate of drug-likeness (QED) is 0.365. The SMILES string of the molecule is C#CCOc1ccc(Br)c(/C=N\NC(=O)CNS(=O)(=O)c2ccccc2)c1. The molecule has 0 saturated carbocycles. The highest BCUT2D eigenvalue weighted by Crippen LogP contribution is 2.21. The zero-order valence-electron chi connectivity index (χ0n) is 14.1. The van der Waals surface area contributed by atoms with Crippen molar-refractivity contribution in [3.63, 3.8) is 0 Å². The predicted molar refractivity (Wildman–Crippen MR) is 106 cm³/mol. The molecule has 1 amide bonds. The maximum absolute atomic E-state index is 12.0. The molecule has 2 rings (SSSR count). The minimum atomic E-state index is -3.76. The van der Waals surface area contributed by atoms with Gasteiger partial charge in [0.05, 0.1) is 17.7 Å². The lowest BCUT2D eigenvalue weighted by molar-refractivity contribution is -0.119. The molecule has 9 heteroatoms. The van der Waals surface area contributed by atoms with Gasteiger partial charge in [-0.15, -0.1) is 6.42 Å². The third-order valence-electron chi connectivity index (χ3n) is 3.16. The van der Waals surface area contributed by atoms with Crippen molar-refractivity contribution in [1.29, 1.82) is 0 Å². The Bertz CT molecular complexity index is 970. The highest BCUT2D eigenvalue weighted by Gasteiger charge is 2.14. The van der Waals surface area contributed by atoms with Gasteiger partial charge in [0.1, 0.15) is 12.4 Å². The summed E-state index contributed by atoms with van der Waals surface area (Å²) in [5.41, 5.74) is 2.90. The van der Waals surface area contributed by atoms with Crippen LogP contribution in [0.2, 0.25) is 0 Å². The van der Waals surface area contributed by atoms with E-state index in [1.165, 1.54) is 18.3 Å². The van der Waals surface area contributed by atoms with Crippen LogP contribution in [-0.2, 0) is 14.8 Å². The largest absolute Gasteiger partial charge is 0.481 e. The molecule has 140 valence electrons. The summed E-state index contributed by atoms with van der Waals surface area (Å²) in [5.74, 6) is 2.31. The molecule has 0 heterocycles. The topological polar surface area (TPSA) is 96.9 Å².